The Morgan fingerprint density at radius 1 is 0.465 bits per heavy atom. The summed E-state index contributed by atoms with van der Waals surface area (Å²) < 4.78 is 13.6. The average molecular weight is 1000 g/mol. The number of carboxylic acid groups (broad SMARTS) is 1. The number of phenols is 7. The third-order valence-electron chi connectivity index (χ3n) is 8.96. The smallest absolute Gasteiger partial charge is 0.298 e. The van der Waals surface area contributed by atoms with Crippen molar-refractivity contribution in [3.05, 3.63) is 124 Å². The predicted octanol–water partition coefficient (Wildman–Crippen LogP) is 0.380. The Kier molecular flexibility index (Phi) is 30.9. The maximum absolute atomic E-state index is 10.1. The number of aryl methyl sites for hydroxylation is 1. The highest BCUT2D eigenvalue weighted by Gasteiger charge is 2.14. The first-order valence-corrected chi connectivity index (χ1v) is 20.3. The van der Waals surface area contributed by atoms with Crippen molar-refractivity contribution in [2.75, 3.05) is 32.7 Å². The summed E-state index contributed by atoms with van der Waals surface area (Å²) in [6.07, 6.45) is -3.31. The van der Waals surface area contributed by atoms with Crippen molar-refractivity contribution in [2.45, 2.75) is 37.4 Å². The number of benzene rings is 5. The highest BCUT2D eigenvalue weighted by atomic mass is 16.5. The third kappa shape index (κ3) is 23.1. The lowest BCUT2D eigenvalue weighted by atomic mass is 10.1. The molecule has 5 atom stereocenters. The molecule has 0 saturated heterocycles. The molecule has 0 aliphatic heterocycles. The van der Waals surface area contributed by atoms with Crippen LogP contribution in [0.1, 0.15) is 63.9 Å². The van der Waals surface area contributed by atoms with Gasteiger partial charge in [-0.2, -0.15) is 0 Å². The molecule has 388 valence electrons. The number of amides is 1. The first kappa shape index (κ1) is 62.7. The van der Waals surface area contributed by atoms with Crippen LogP contribution in [0.25, 0.3) is 0 Å². The van der Waals surface area contributed by atoms with E-state index in [1.54, 1.807) is 19.1 Å². The Hall–Kier alpha value is -8.27. The molecule has 25 heteroatoms. The molecule has 0 aromatic heterocycles. The average Bonchev–Trinajstić information content (AvgIpc) is 3.36. The molecule has 5 unspecified atom stereocenters. The summed E-state index contributed by atoms with van der Waals surface area (Å²) in [4.78, 5) is 48.5. The Morgan fingerprint density at radius 2 is 0.859 bits per heavy atom. The van der Waals surface area contributed by atoms with Crippen LogP contribution >= 0.6 is 0 Å². The molecule has 21 N–H and O–H groups in total. The molecule has 71 heavy (non-hydrogen) atoms. The van der Waals surface area contributed by atoms with Crippen LogP contribution in [0.2, 0.25) is 0 Å². The van der Waals surface area contributed by atoms with Crippen molar-refractivity contribution in [1.29, 1.82) is 0 Å². The van der Waals surface area contributed by atoms with Crippen LogP contribution in [0.4, 0.5) is 0 Å². The summed E-state index contributed by atoms with van der Waals surface area (Å²) in [6, 6.07) is 21.6. The van der Waals surface area contributed by atoms with E-state index in [0.717, 1.165) is 5.56 Å². The van der Waals surface area contributed by atoms with Gasteiger partial charge in [-0.05, 0) is 94.9 Å². The molecule has 0 fully saturated rings. The van der Waals surface area contributed by atoms with E-state index < -0.39 is 30.5 Å². The van der Waals surface area contributed by atoms with Crippen LogP contribution in [-0.4, -0.2) is 126 Å². The molecular formula is C46H59N5O20. The van der Waals surface area contributed by atoms with Crippen molar-refractivity contribution in [3.63, 3.8) is 0 Å². The van der Waals surface area contributed by atoms with E-state index in [9.17, 15) is 60.0 Å². The first-order valence-electron chi connectivity index (χ1n) is 20.3. The van der Waals surface area contributed by atoms with Gasteiger partial charge in [0.1, 0.15) is 11.9 Å². The monoisotopic (exact) mass is 1000 g/mol. The lowest BCUT2D eigenvalue weighted by molar-refractivity contribution is -0.133. The number of phenolic OH excluding ortho intramolecular Hbond substituents is 7. The summed E-state index contributed by atoms with van der Waals surface area (Å²) in [5, 5.41) is 111. The molecule has 5 aromatic rings. The molecule has 0 aliphatic rings. The molecule has 0 saturated carbocycles. The predicted molar refractivity (Wildman–Crippen MR) is 251 cm³/mol. The number of hydrogen-bond donors (Lipinski definition) is 17. The number of nitrogens with two attached hydrogens (primary N) is 4. The van der Waals surface area contributed by atoms with Crippen LogP contribution in [0.3, 0.4) is 0 Å². The van der Waals surface area contributed by atoms with E-state index in [0.29, 0.717) is 40.7 Å². The second-order valence-electron chi connectivity index (χ2n) is 13.8. The number of carbonyl (C=O) groups is 5. The number of nitrogens with one attached hydrogen (secondary N) is 1. The maximum atomic E-state index is 10.1. The summed E-state index contributed by atoms with van der Waals surface area (Å²) in [5.41, 5.74) is 24.4. The van der Waals surface area contributed by atoms with E-state index in [1.165, 1.54) is 78.9 Å². The fourth-order valence-electron chi connectivity index (χ4n) is 5.12. The van der Waals surface area contributed by atoms with Crippen LogP contribution < -0.4 is 37.7 Å². The van der Waals surface area contributed by atoms with Gasteiger partial charge in [0.05, 0.1) is 24.4 Å². The van der Waals surface area contributed by atoms with Gasteiger partial charge in [0, 0.05) is 32.7 Å². The molecule has 1 amide bonds. The molecule has 25 nitrogen and oxygen atoms in total. The van der Waals surface area contributed by atoms with Crippen molar-refractivity contribution >= 4 is 32.3 Å². The Balaban J connectivity index is 0.000000851. The normalized spacial score (nSPS) is 11.9. The number of ether oxygens (including phenoxy) is 3. The first-order chi connectivity index (χ1) is 33.8. The van der Waals surface area contributed by atoms with Gasteiger partial charge in [0.25, 0.3) is 25.9 Å². The fourth-order valence-corrected chi connectivity index (χ4v) is 5.12. The zero-order valence-electron chi connectivity index (χ0n) is 37.9. The van der Waals surface area contributed by atoms with Gasteiger partial charge >= 0.3 is 0 Å². The summed E-state index contributed by atoms with van der Waals surface area (Å²) in [6.45, 7) is 2.70. The van der Waals surface area contributed by atoms with Crippen LogP contribution in [0, 0.1) is 6.92 Å². The Morgan fingerprint density at radius 3 is 1.28 bits per heavy atom. The number of hydrogen-bond acceptors (Lipinski definition) is 23. The van der Waals surface area contributed by atoms with Gasteiger partial charge in [-0.3, -0.25) is 24.0 Å². The minimum absolute atomic E-state index is 0.00463. The highest BCUT2D eigenvalue weighted by Crippen LogP contribution is 2.31. The SMILES string of the molecule is Cc1ccc(C(O)CNC=O)cc1O.NCC(O)c1ccc(O)c(O)c1.NCC(O)c1ccc(O)c(OC=O)c1.NCC(O)c1ccc(OC=O)c(O)c1.NCC(OC=O)c1ccc(O)c(O)c1.O=CO. The molecular weight excluding hydrogens is 943 g/mol. The van der Waals surface area contributed by atoms with Crippen molar-refractivity contribution in [1.82, 2.24) is 5.32 Å². The zero-order valence-corrected chi connectivity index (χ0v) is 37.9. The fraction of sp³-hybridized carbons (Fsp3) is 0.239. The molecule has 0 radical (unpaired) electrons. The quantitative estimate of drug-likeness (QED) is 0.0417. The lowest BCUT2D eigenvalue weighted by Crippen LogP contribution is -2.19. The van der Waals surface area contributed by atoms with E-state index >= 15 is 0 Å². The summed E-state index contributed by atoms with van der Waals surface area (Å²) in [5.74, 6) is -1.12. The molecule has 0 heterocycles. The van der Waals surface area contributed by atoms with Crippen molar-refractivity contribution in [2.24, 2.45) is 22.9 Å². The van der Waals surface area contributed by atoms with Crippen molar-refractivity contribution in [3.8, 4) is 51.7 Å². The number of aliphatic hydroxyl groups is 4. The lowest BCUT2D eigenvalue weighted by Gasteiger charge is -2.13. The van der Waals surface area contributed by atoms with Crippen LogP contribution in [-0.2, 0) is 28.7 Å². The standard InChI is InChI=1S/C10H13NO3.3C9H11NO4.C8H11NO3.CH2O2/c1-7-2-3-8(4-9(7)13)10(14)5-11-6-12;10-4-8(13)6-1-2-9(14-5-11)7(12)3-6;10-4-8(13)6-1-2-7(12)9(3-6)14-5-11;10-4-9(14-5-11)6-1-2-7(12)8(13)3-6;9-4-8(12)5-1-2-6(10)7(11)3-5;2-1-3/h2-4,6,10,13-14H,5H2,1H3,(H,11,12);2*1-3,5,8,12-13H,4,10H2;1-3,5,9,12-13H,4,10H2;1-3,8,10-12H,4,9H2;1H,(H,2,3). The number of aromatic hydroxyl groups is 7. The minimum atomic E-state index is -0.829. The van der Waals surface area contributed by atoms with Crippen LogP contribution in [0.15, 0.2) is 91.0 Å². The molecule has 0 aliphatic carbocycles. The second-order valence-corrected chi connectivity index (χ2v) is 13.8. The second kappa shape index (κ2) is 34.9. The third-order valence-corrected chi connectivity index (χ3v) is 8.96. The van der Waals surface area contributed by atoms with E-state index in [-0.39, 0.29) is 104 Å². The summed E-state index contributed by atoms with van der Waals surface area (Å²) >= 11 is 0. The van der Waals surface area contributed by atoms with Gasteiger partial charge in [-0.15, -0.1) is 0 Å². The largest absolute Gasteiger partial charge is 0.508 e. The van der Waals surface area contributed by atoms with Gasteiger partial charge < -0.3 is 104 Å². The Bertz CT molecular complexity index is 2380. The van der Waals surface area contributed by atoms with E-state index in [2.05, 4.69) is 19.5 Å². The van der Waals surface area contributed by atoms with Crippen LogP contribution in [0.5, 0.6) is 51.7 Å². The number of aliphatic hydroxyl groups excluding tert-OH is 4. The topological polar surface area (TPSA) is 472 Å². The Labute approximate surface area is 405 Å². The van der Waals surface area contributed by atoms with E-state index in [4.69, 9.17) is 48.2 Å². The molecule has 0 bridgehead atoms. The van der Waals surface area contributed by atoms with Gasteiger partial charge in [-0.25, -0.2) is 0 Å². The van der Waals surface area contributed by atoms with Gasteiger partial charge in [-0.1, -0.05) is 36.4 Å². The molecule has 5 aromatic carbocycles. The molecule has 5 rings (SSSR count). The molecule has 0 spiro atoms. The number of rotatable bonds is 18. The van der Waals surface area contributed by atoms with Gasteiger partial charge in [0.15, 0.2) is 46.0 Å². The highest BCUT2D eigenvalue weighted by molar-refractivity contribution is 5.53. The van der Waals surface area contributed by atoms with Crippen molar-refractivity contribution < 1.29 is 99.5 Å². The minimum Gasteiger partial charge on any atom is -0.508 e. The maximum Gasteiger partial charge on any atom is 0.298 e. The summed E-state index contributed by atoms with van der Waals surface area (Å²) in [7, 11) is 0. The number of carbonyl (C=O) groups excluding carboxylic acids is 4. The van der Waals surface area contributed by atoms with E-state index in [1.807, 2.05) is 0 Å². The zero-order chi connectivity index (χ0) is 54.1. The van der Waals surface area contributed by atoms with Gasteiger partial charge in [0.2, 0.25) is 6.41 Å².